The molecule has 24 heavy (non-hydrogen) atoms. The number of nitrogens with zero attached hydrogens (tertiary/aromatic N) is 3. The van der Waals surface area contributed by atoms with Crippen molar-refractivity contribution < 1.29 is 0 Å². The van der Waals surface area contributed by atoms with Gasteiger partial charge in [0.15, 0.2) is 0 Å². The minimum Gasteiger partial charge on any atom is -0.382 e. The van der Waals surface area contributed by atoms with E-state index in [4.69, 9.17) is 11.6 Å². The van der Waals surface area contributed by atoms with Crippen LogP contribution in [-0.4, -0.2) is 29.4 Å². The fourth-order valence-corrected chi connectivity index (χ4v) is 3.70. The van der Waals surface area contributed by atoms with E-state index >= 15 is 0 Å². The third-order valence-electron chi connectivity index (χ3n) is 4.46. The van der Waals surface area contributed by atoms with E-state index in [0.717, 1.165) is 36.8 Å². The van der Waals surface area contributed by atoms with Crippen LogP contribution in [0.4, 0.5) is 11.4 Å². The summed E-state index contributed by atoms with van der Waals surface area (Å²) in [5.41, 5.74) is 3.06. The molecule has 7 heteroatoms. The SMILES string of the molecule is Cc1ccc(Cl)cc1N1CCC(CNc2cnn(C)c(=O)c2Br)C1. The monoisotopic (exact) mass is 410 g/mol. The molecule has 1 saturated heterocycles. The summed E-state index contributed by atoms with van der Waals surface area (Å²) in [6, 6.07) is 6.02. The molecule has 0 aliphatic carbocycles. The molecular weight excluding hydrogens is 392 g/mol. The summed E-state index contributed by atoms with van der Waals surface area (Å²) in [5, 5.41) is 8.17. The zero-order valence-electron chi connectivity index (χ0n) is 13.7. The molecule has 0 radical (unpaired) electrons. The first-order chi connectivity index (χ1) is 11.5. The largest absolute Gasteiger partial charge is 0.382 e. The van der Waals surface area contributed by atoms with Gasteiger partial charge in [-0.1, -0.05) is 17.7 Å². The molecule has 0 saturated carbocycles. The molecule has 1 aliphatic heterocycles. The van der Waals surface area contributed by atoms with Crippen molar-refractivity contribution in [3.8, 4) is 0 Å². The topological polar surface area (TPSA) is 50.2 Å². The molecule has 1 fully saturated rings. The van der Waals surface area contributed by atoms with Gasteiger partial charge in [0.1, 0.15) is 4.47 Å². The average molecular weight is 412 g/mol. The molecule has 2 heterocycles. The second-order valence-electron chi connectivity index (χ2n) is 6.21. The Bertz CT molecular complexity index is 808. The summed E-state index contributed by atoms with van der Waals surface area (Å²) in [6.07, 6.45) is 2.79. The van der Waals surface area contributed by atoms with Gasteiger partial charge in [-0.15, -0.1) is 0 Å². The highest BCUT2D eigenvalue weighted by atomic mass is 79.9. The number of rotatable bonds is 4. The first-order valence-electron chi connectivity index (χ1n) is 7.92. The summed E-state index contributed by atoms with van der Waals surface area (Å²) < 4.78 is 1.84. The molecule has 1 aromatic heterocycles. The number of anilines is 2. The zero-order chi connectivity index (χ0) is 17.3. The zero-order valence-corrected chi connectivity index (χ0v) is 16.1. The predicted octanol–water partition coefficient (Wildman–Crippen LogP) is 3.44. The number of benzene rings is 1. The van der Waals surface area contributed by atoms with E-state index in [1.165, 1.54) is 15.9 Å². The van der Waals surface area contributed by atoms with Crippen LogP contribution in [0.1, 0.15) is 12.0 Å². The van der Waals surface area contributed by atoms with Crippen LogP contribution in [0.25, 0.3) is 0 Å². The Balaban J connectivity index is 1.64. The summed E-state index contributed by atoms with van der Waals surface area (Å²) in [4.78, 5) is 14.3. The molecule has 1 unspecified atom stereocenters. The third-order valence-corrected chi connectivity index (χ3v) is 5.46. The molecule has 0 amide bonds. The van der Waals surface area contributed by atoms with Crippen LogP contribution in [0.5, 0.6) is 0 Å². The molecule has 128 valence electrons. The lowest BCUT2D eigenvalue weighted by atomic mass is 10.1. The third kappa shape index (κ3) is 3.59. The van der Waals surface area contributed by atoms with Crippen LogP contribution < -0.4 is 15.8 Å². The molecule has 1 aromatic carbocycles. The Morgan fingerprint density at radius 2 is 2.25 bits per heavy atom. The number of nitrogens with one attached hydrogen (secondary N) is 1. The molecule has 0 bridgehead atoms. The van der Waals surface area contributed by atoms with Gasteiger partial charge in [-0.05, 0) is 52.9 Å². The van der Waals surface area contributed by atoms with Gasteiger partial charge in [0.25, 0.3) is 5.56 Å². The maximum Gasteiger partial charge on any atom is 0.282 e. The second kappa shape index (κ2) is 7.15. The highest BCUT2D eigenvalue weighted by Gasteiger charge is 2.24. The van der Waals surface area contributed by atoms with Crippen molar-refractivity contribution in [3.63, 3.8) is 0 Å². The lowest BCUT2D eigenvalue weighted by Gasteiger charge is -2.21. The van der Waals surface area contributed by atoms with Crippen LogP contribution in [0.2, 0.25) is 5.02 Å². The van der Waals surface area contributed by atoms with Crippen molar-refractivity contribution in [2.75, 3.05) is 29.9 Å². The van der Waals surface area contributed by atoms with Gasteiger partial charge >= 0.3 is 0 Å². The maximum atomic E-state index is 11.9. The Kier molecular flexibility index (Phi) is 5.15. The van der Waals surface area contributed by atoms with E-state index in [9.17, 15) is 4.79 Å². The van der Waals surface area contributed by atoms with Crippen LogP contribution in [0.15, 0.2) is 33.7 Å². The van der Waals surface area contributed by atoms with Gasteiger partial charge in [-0.2, -0.15) is 5.10 Å². The minimum atomic E-state index is -0.136. The molecule has 1 aliphatic rings. The average Bonchev–Trinajstić information content (AvgIpc) is 3.03. The number of hydrogen-bond donors (Lipinski definition) is 1. The van der Waals surface area contributed by atoms with E-state index in [-0.39, 0.29) is 5.56 Å². The highest BCUT2D eigenvalue weighted by Crippen LogP contribution is 2.29. The van der Waals surface area contributed by atoms with Gasteiger partial charge in [0.2, 0.25) is 0 Å². The molecule has 5 nitrogen and oxygen atoms in total. The van der Waals surface area contributed by atoms with E-state index in [1.54, 1.807) is 13.2 Å². The van der Waals surface area contributed by atoms with Crippen LogP contribution >= 0.6 is 27.5 Å². The first kappa shape index (κ1) is 17.3. The molecule has 2 aromatic rings. The number of hydrogen-bond acceptors (Lipinski definition) is 4. The fraction of sp³-hybridized carbons (Fsp3) is 0.412. The molecule has 3 rings (SSSR count). The summed E-state index contributed by atoms with van der Waals surface area (Å²) >= 11 is 9.48. The molecular formula is C17H20BrClN4O. The van der Waals surface area contributed by atoms with Crippen molar-refractivity contribution in [2.24, 2.45) is 13.0 Å². The molecule has 0 spiro atoms. The van der Waals surface area contributed by atoms with Crippen molar-refractivity contribution in [2.45, 2.75) is 13.3 Å². The Morgan fingerprint density at radius 1 is 1.46 bits per heavy atom. The van der Waals surface area contributed by atoms with Crippen LogP contribution in [0, 0.1) is 12.8 Å². The Morgan fingerprint density at radius 3 is 3.04 bits per heavy atom. The fourth-order valence-electron chi connectivity index (χ4n) is 3.03. The maximum absolute atomic E-state index is 11.9. The van der Waals surface area contributed by atoms with Gasteiger partial charge < -0.3 is 10.2 Å². The van der Waals surface area contributed by atoms with Crippen LogP contribution in [0.3, 0.4) is 0 Å². The van der Waals surface area contributed by atoms with E-state index in [2.05, 4.69) is 44.2 Å². The number of halogens is 2. The van der Waals surface area contributed by atoms with E-state index in [0.29, 0.717) is 10.4 Å². The van der Waals surface area contributed by atoms with Crippen molar-refractivity contribution in [1.29, 1.82) is 0 Å². The normalized spacial score (nSPS) is 17.3. The summed E-state index contributed by atoms with van der Waals surface area (Å²) in [7, 11) is 1.64. The number of aromatic nitrogens is 2. The van der Waals surface area contributed by atoms with Gasteiger partial charge in [0.05, 0.1) is 11.9 Å². The van der Waals surface area contributed by atoms with E-state index < -0.39 is 0 Å². The Labute approximate surface area is 154 Å². The van der Waals surface area contributed by atoms with Crippen molar-refractivity contribution >= 4 is 38.9 Å². The summed E-state index contributed by atoms with van der Waals surface area (Å²) in [6.45, 7) is 4.91. The number of aryl methyl sites for hydroxylation is 2. The van der Waals surface area contributed by atoms with Gasteiger partial charge in [-0.3, -0.25) is 4.79 Å². The van der Waals surface area contributed by atoms with Crippen LogP contribution in [-0.2, 0) is 7.05 Å². The first-order valence-corrected chi connectivity index (χ1v) is 9.09. The predicted molar refractivity (Wildman–Crippen MR) is 102 cm³/mol. The smallest absolute Gasteiger partial charge is 0.282 e. The van der Waals surface area contributed by atoms with E-state index in [1.807, 2.05) is 12.1 Å². The Hall–Kier alpha value is -1.53. The van der Waals surface area contributed by atoms with Gasteiger partial charge in [-0.25, -0.2) is 4.68 Å². The second-order valence-corrected chi connectivity index (χ2v) is 7.44. The van der Waals surface area contributed by atoms with Crippen molar-refractivity contribution in [1.82, 2.24) is 9.78 Å². The molecule has 1 N–H and O–H groups in total. The highest BCUT2D eigenvalue weighted by molar-refractivity contribution is 9.10. The molecule has 1 atom stereocenters. The summed E-state index contributed by atoms with van der Waals surface area (Å²) in [5.74, 6) is 0.513. The lowest BCUT2D eigenvalue weighted by molar-refractivity contribution is 0.620. The van der Waals surface area contributed by atoms with Crippen molar-refractivity contribution in [3.05, 3.63) is 49.8 Å². The van der Waals surface area contributed by atoms with Gasteiger partial charge in [0, 0.05) is 37.4 Å². The standard InChI is InChI=1S/C17H20BrClN4O/c1-11-3-4-13(19)7-15(11)23-6-5-12(10-23)8-20-14-9-21-22(2)17(24)16(14)18/h3-4,7,9,12,20H,5-6,8,10H2,1-2H3. The quantitative estimate of drug-likeness (QED) is 0.837. The lowest BCUT2D eigenvalue weighted by Crippen LogP contribution is -2.25. The minimum absolute atomic E-state index is 0.136.